The van der Waals surface area contributed by atoms with Gasteiger partial charge in [0.2, 0.25) is 0 Å². The van der Waals surface area contributed by atoms with E-state index in [0.717, 1.165) is 17.7 Å². The van der Waals surface area contributed by atoms with E-state index in [1.165, 1.54) is 0 Å². The van der Waals surface area contributed by atoms with Crippen LogP contribution in [0.4, 0.5) is 0 Å². The standard InChI is InChI=1S/C14H23N3O2/c1-6-11-9-15-16-13(11)14(18)17(4)10(3)8-12(7-2)19-5/h7,9-10H,6,8H2,1-5H3,(H,15,16)/b12-7+. The van der Waals surface area contributed by atoms with Crippen molar-refractivity contribution in [2.45, 2.75) is 39.7 Å². The molecule has 106 valence electrons. The van der Waals surface area contributed by atoms with Crippen molar-refractivity contribution in [3.63, 3.8) is 0 Å². The number of ether oxygens (including phenoxy) is 1. The molecule has 1 amide bonds. The van der Waals surface area contributed by atoms with Crippen molar-refractivity contribution < 1.29 is 9.53 Å². The van der Waals surface area contributed by atoms with Gasteiger partial charge in [0.1, 0.15) is 5.69 Å². The highest BCUT2D eigenvalue weighted by Crippen LogP contribution is 2.15. The first-order chi connectivity index (χ1) is 9.04. The van der Waals surface area contributed by atoms with Gasteiger partial charge in [-0.2, -0.15) is 5.10 Å². The zero-order chi connectivity index (χ0) is 14.4. The molecule has 1 atom stereocenters. The van der Waals surface area contributed by atoms with E-state index in [0.29, 0.717) is 12.1 Å². The third kappa shape index (κ3) is 3.59. The number of aromatic amines is 1. The third-order valence-corrected chi connectivity index (χ3v) is 3.37. The number of carbonyl (C=O) groups is 1. The topological polar surface area (TPSA) is 58.2 Å². The number of allylic oxidation sites excluding steroid dienone is 1. The zero-order valence-corrected chi connectivity index (χ0v) is 12.4. The van der Waals surface area contributed by atoms with Crippen LogP contribution in [-0.2, 0) is 11.2 Å². The van der Waals surface area contributed by atoms with Crippen LogP contribution in [0.3, 0.4) is 0 Å². The van der Waals surface area contributed by atoms with Crippen molar-refractivity contribution in [2.24, 2.45) is 0 Å². The van der Waals surface area contributed by atoms with E-state index < -0.39 is 0 Å². The van der Waals surface area contributed by atoms with Gasteiger partial charge in [0.05, 0.1) is 19.1 Å². The van der Waals surface area contributed by atoms with E-state index in [1.54, 1.807) is 25.3 Å². The summed E-state index contributed by atoms with van der Waals surface area (Å²) in [4.78, 5) is 14.1. The summed E-state index contributed by atoms with van der Waals surface area (Å²) in [7, 11) is 3.45. The monoisotopic (exact) mass is 265 g/mol. The van der Waals surface area contributed by atoms with Crippen LogP contribution in [0.25, 0.3) is 0 Å². The Labute approximate surface area is 114 Å². The largest absolute Gasteiger partial charge is 0.501 e. The number of H-pyrrole nitrogens is 1. The normalized spacial score (nSPS) is 13.2. The van der Waals surface area contributed by atoms with Crippen LogP contribution in [0.2, 0.25) is 0 Å². The second-order valence-corrected chi connectivity index (χ2v) is 4.55. The van der Waals surface area contributed by atoms with E-state index in [2.05, 4.69) is 10.2 Å². The minimum atomic E-state index is -0.0339. The average molecular weight is 265 g/mol. The Kier molecular flexibility index (Phi) is 5.60. The molecule has 0 saturated heterocycles. The summed E-state index contributed by atoms with van der Waals surface area (Å²) < 4.78 is 5.24. The summed E-state index contributed by atoms with van der Waals surface area (Å²) >= 11 is 0. The number of methoxy groups -OCH3 is 1. The quantitative estimate of drug-likeness (QED) is 0.803. The Bertz CT molecular complexity index is 451. The molecule has 1 aromatic rings. The van der Waals surface area contributed by atoms with Gasteiger partial charge in [0.15, 0.2) is 0 Å². The van der Waals surface area contributed by atoms with Gasteiger partial charge >= 0.3 is 0 Å². The summed E-state index contributed by atoms with van der Waals surface area (Å²) in [5, 5.41) is 6.73. The zero-order valence-electron chi connectivity index (χ0n) is 12.4. The van der Waals surface area contributed by atoms with Crippen molar-refractivity contribution in [1.29, 1.82) is 0 Å². The van der Waals surface area contributed by atoms with Crippen LogP contribution < -0.4 is 0 Å². The Balaban J connectivity index is 2.77. The summed E-state index contributed by atoms with van der Waals surface area (Å²) in [5.74, 6) is 0.848. The average Bonchev–Trinajstić information content (AvgIpc) is 2.91. The lowest BCUT2D eigenvalue weighted by atomic mass is 10.1. The van der Waals surface area contributed by atoms with Crippen LogP contribution in [-0.4, -0.2) is 41.2 Å². The number of rotatable bonds is 6. The summed E-state index contributed by atoms with van der Waals surface area (Å²) in [5.41, 5.74) is 1.53. The lowest BCUT2D eigenvalue weighted by Crippen LogP contribution is -2.36. The number of aromatic nitrogens is 2. The van der Waals surface area contributed by atoms with E-state index >= 15 is 0 Å². The molecule has 0 spiro atoms. The number of nitrogens with one attached hydrogen (secondary N) is 1. The van der Waals surface area contributed by atoms with Crippen molar-refractivity contribution in [1.82, 2.24) is 15.1 Å². The molecule has 1 aromatic heterocycles. The Morgan fingerprint density at radius 2 is 2.32 bits per heavy atom. The first-order valence-electron chi connectivity index (χ1n) is 6.53. The molecule has 1 rings (SSSR count). The fraction of sp³-hybridized carbons (Fsp3) is 0.571. The third-order valence-electron chi connectivity index (χ3n) is 3.37. The van der Waals surface area contributed by atoms with E-state index in [9.17, 15) is 4.79 Å². The fourth-order valence-electron chi connectivity index (χ4n) is 1.89. The van der Waals surface area contributed by atoms with Crippen molar-refractivity contribution >= 4 is 5.91 Å². The fourth-order valence-corrected chi connectivity index (χ4v) is 1.89. The molecule has 0 saturated carbocycles. The van der Waals surface area contributed by atoms with Gasteiger partial charge in [-0.1, -0.05) is 6.92 Å². The molecule has 0 aliphatic rings. The molecule has 0 bridgehead atoms. The van der Waals surface area contributed by atoms with Crippen LogP contribution in [0.15, 0.2) is 18.0 Å². The molecule has 5 nitrogen and oxygen atoms in total. The first-order valence-corrected chi connectivity index (χ1v) is 6.53. The van der Waals surface area contributed by atoms with Gasteiger partial charge in [0.25, 0.3) is 5.91 Å². The number of nitrogens with zero attached hydrogens (tertiary/aromatic N) is 2. The van der Waals surface area contributed by atoms with Crippen molar-refractivity contribution in [3.05, 3.63) is 29.3 Å². The van der Waals surface area contributed by atoms with E-state index in [4.69, 9.17) is 4.74 Å². The first kappa shape index (κ1) is 15.3. The van der Waals surface area contributed by atoms with Crippen molar-refractivity contribution in [2.75, 3.05) is 14.2 Å². The number of hydrogen-bond acceptors (Lipinski definition) is 3. The van der Waals surface area contributed by atoms with Crippen LogP contribution >= 0.6 is 0 Å². The Morgan fingerprint density at radius 1 is 1.63 bits per heavy atom. The van der Waals surface area contributed by atoms with Gasteiger partial charge in [-0.3, -0.25) is 9.89 Å². The predicted molar refractivity (Wildman–Crippen MR) is 74.9 cm³/mol. The second-order valence-electron chi connectivity index (χ2n) is 4.55. The summed E-state index contributed by atoms with van der Waals surface area (Å²) in [6.07, 6.45) is 5.11. The maximum absolute atomic E-state index is 12.4. The molecule has 0 aromatic carbocycles. The molecule has 0 aliphatic heterocycles. The Hall–Kier alpha value is -1.78. The lowest BCUT2D eigenvalue weighted by Gasteiger charge is -2.25. The molecular formula is C14H23N3O2. The van der Waals surface area contributed by atoms with Crippen LogP contribution in [0.1, 0.15) is 43.2 Å². The summed E-state index contributed by atoms with van der Waals surface area (Å²) in [6, 6.07) is 0.0617. The molecule has 0 fully saturated rings. The highest BCUT2D eigenvalue weighted by molar-refractivity contribution is 5.93. The predicted octanol–water partition coefficient (Wildman–Crippen LogP) is 2.37. The van der Waals surface area contributed by atoms with E-state index in [-0.39, 0.29) is 11.9 Å². The number of carbonyl (C=O) groups excluding carboxylic acids is 1. The SMILES string of the molecule is C/C=C(\CC(C)N(C)C(=O)c1[nH]ncc1CC)OC. The minimum Gasteiger partial charge on any atom is -0.501 e. The summed E-state index contributed by atoms with van der Waals surface area (Å²) in [6.45, 7) is 5.94. The molecular weight excluding hydrogens is 242 g/mol. The van der Waals surface area contributed by atoms with Crippen LogP contribution in [0.5, 0.6) is 0 Å². The molecule has 0 aliphatic carbocycles. The molecule has 5 heteroatoms. The van der Waals surface area contributed by atoms with Gasteiger partial charge in [-0.15, -0.1) is 0 Å². The maximum atomic E-state index is 12.4. The molecule has 1 unspecified atom stereocenters. The number of aryl methyl sites for hydroxylation is 1. The second kappa shape index (κ2) is 6.97. The highest BCUT2D eigenvalue weighted by atomic mass is 16.5. The van der Waals surface area contributed by atoms with Gasteiger partial charge in [-0.25, -0.2) is 0 Å². The Morgan fingerprint density at radius 3 is 2.84 bits per heavy atom. The van der Waals surface area contributed by atoms with Gasteiger partial charge in [-0.05, 0) is 26.3 Å². The van der Waals surface area contributed by atoms with Gasteiger partial charge in [0, 0.05) is 25.1 Å². The molecule has 0 radical (unpaired) electrons. The number of amides is 1. The smallest absolute Gasteiger partial charge is 0.272 e. The van der Waals surface area contributed by atoms with Crippen molar-refractivity contribution in [3.8, 4) is 0 Å². The highest BCUT2D eigenvalue weighted by Gasteiger charge is 2.21. The molecule has 19 heavy (non-hydrogen) atoms. The maximum Gasteiger partial charge on any atom is 0.272 e. The number of hydrogen-bond donors (Lipinski definition) is 1. The lowest BCUT2D eigenvalue weighted by molar-refractivity contribution is 0.0725. The van der Waals surface area contributed by atoms with E-state index in [1.807, 2.05) is 26.8 Å². The molecule has 1 heterocycles. The molecule has 1 N–H and O–H groups in total. The minimum absolute atomic E-state index is 0.0339. The van der Waals surface area contributed by atoms with Crippen LogP contribution in [0, 0.1) is 0 Å². The van der Waals surface area contributed by atoms with Gasteiger partial charge < -0.3 is 9.64 Å².